The van der Waals surface area contributed by atoms with E-state index in [-0.39, 0.29) is 5.69 Å². The second-order valence-corrected chi connectivity index (χ2v) is 14.7. The Bertz CT molecular complexity index is 1080. The summed E-state index contributed by atoms with van der Waals surface area (Å²) in [4.78, 5) is 19.8. The second kappa shape index (κ2) is 9.63. The molecule has 0 spiro atoms. The van der Waals surface area contributed by atoms with Gasteiger partial charge in [0.1, 0.15) is 12.5 Å². The quantitative estimate of drug-likeness (QED) is 0.156. The van der Waals surface area contributed by atoms with Gasteiger partial charge >= 0.3 is 0 Å². The molecule has 2 N–H and O–H groups in total. The van der Waals surface area contributed by atoms with Gasteiger partial charge in [-0.05, 0) is 24.4 Å². The molecule has 31 heavy (non-hydrogen) atoms. The summed E-state index contributed by atoms with van der Waals surface area (Å²) in [5.74, 6) is 0.389. The highest BCUT2D eigenvalue weighted by molar-refractivity contribution is 7.98. The van der Waals surface area contributed by atoms with Crippen molar-refractivity contribution in [1.82, 2.24) is 14.5 Å². The Morgan fingerprint density at radius 1 is 1.23 bits per heavy atom. The highest BCUT2D eigenvalue weighted by Gasteiger charge is 2.22. The molecule has 0 bridgehead atoms. The van der Waals surface area contributed by atoms with Gasteiger partial charge < -0.3 is 10.5 Å². The van der Waals surface area contributed by atoms with E-state index < -0.39 is 13.0 Å². The number of imidazole rings is 1. The summed E-state index contributed by atoms with van der Waals surface area (Å²) in [6, 6.07) is 11.2. The third-order valence-electron chi connectivity index (χ3n) is 4.72. The fourth-order valence-corrected chi connectivity index (χ4v) is 4.40. The van der Waals surface area contributed by atoms with Gasteiger partial charge in [0.15, 0.2) is 5.16 Å². The first-order valence-electron chi connectivity index (χ1n) is 9.88. The Morgan fingerprint density at radius 3 is 2.65 bits per heavy atom. The van der Waals surface area contributed by atoms with Crippen molar-refractivity contribution >= 4 is 31.3 Å². The molecule has 1 aromatic carbocycles. The molecule has 3 aromatic rings. The summed E-state index contributed by atoms with van der Waals surface area (Å²) in [6.07, 6.45) is 3.59. The van der Waals surface area contributed by atoms with Crippen LogP contribution < -0.4 is 5.73 Å². The maximum atomic E-state index is 11.3. The fraction of sp³-hybridized carbons (Fsp3) is 0.333. The monoisotopic (exact) mass is 457 g/mol. The largest absolute Gasteiger partial charge is 0.384 e. The maximum Gasteiger partial charge on any atom is 0.270 e. The molecule has 0 radical (unpaired) electrons. The third-order valence-corrected chi connectivity index (χ3v) is 7.10. The van der Waals surface area contributed by atoms with Crippen LogP contribution in [0.25, 0.3) is 22.5 Å². The Kier molecular flexibility index (Phi) is 7.14. The molecule has 0 amide bonds. The molecule has 0 unspecified atom stereocenters. The van der Waals surface area contributed by atoms with Crippen LogP contribution in [0, 0.1) is 10.1 Å². The van der Waals surface area contributed by atoms with Gasteiger partial charge in [-0.25, -0.2) is 9.97 Å². The van der Waals surface area contributed by atoms with Crippen molar-refractivity contribution in [1.29, 1.82) is 0 Å². The topological polar surface area (TPSA) is 109 Å². The van der Waals surface area contributed by atoms with Crippen LogP contribution in [-0.2, 0) is 11.5 Å². The normalized spacial score (nSPS) is 11.6. The van der Waals surface area contributed by atoms with Crippen LogP contribution in [0.2, 0.25) is 25.7 Å². The Hall–Kier alpha value is -2.69. The molecule has 0 aliphatic heterocycles. The average molecular weight is 458 g/mol. The van der Waals surface area contributed by atoms with E-state index in [1.807, 2.05) is 23.0 Å². The van der Waals surface area contributed by atoms with E-state index in [4.69, 9.17) is 15.5 Å². The summed E-state index contributed by atoms with van der Waals surface area (Å²) >= 11 is 1.50. The smallest absolute Gasteiger partial charge is 0.270 e. The van der Waals surface area contributed by atoms with Crippen molar-refractivity contribution in [2.75, 3.05) is 18.6 Å². The first-order valence-corrected chi connectivity index (χ1v) is 14.8. The van der Waals surface area contributed by atoms with Gasteiger partial charge in [-0.3, -0.25) is 14.7 Å². The molecule has 10 heteroatoms. The lowest BCUT2D eigenvalue weighted by molar-refractivity contribution is -0.384. The molecule has 2 aromatic heterocycles. The molecule has 2 heterocycles. The molecule has 3 rings (SSSR count). The minimum Gasteiger partial charge on any atom is -0.384 e. The van der Waals surface area contributed by atoms with Crippen molar-refractivity contribution in [2.45, 2.75) is 37.6 Å². The predicted octanol–water partition coefficient (Wildman–Crippen LogP) is 5.14. The minimum atomic E-state index is -1.21. The number of aromatic nitrogens is 3. The molecule has 164 valence electrons. The van der Waals surface area contributed by atoms with E-state index in [0.29, 0.717) is 30.4 Å². The first kappa shape index (κ1) is 23.0. The number of nitro benzene ring substituents is 1. The van der Waals surface area contributed by atoms with Crippen LogP contribution in [0.15, 0.2) is 47.8 Å². The van der Waals surface area contributed by atoms with Gasteiger partial charge in [-0.1, -0.05) is 43.5 Å². The predicted molar refractivity (Wildman–Crippen MR) is 128 cm³/mol. The summed E-state index contributed by atoms with van der Waals surface area (Å²) in [6.45, 7) is 7.94. The van der Waals surface area contributed by atoms with Gasteiger partial charge in [-0.2, -0.15) is 0 Å². The van der Waals surface area contributed by atoms with Crippen molar-refractivity contribution in [3.05, 3.63) is 52.7 Å². The summed E-state index contributed by atoms with van der Waals surface area (Å²) in [5, 5.41) is 12.1. The number of benzene rings is 1. The van der Waals surface area contributed by atoms with Crippen LogP contribution >= 0.6 is 11.8 Å². The zero-order chi connectivity index (χ0) is 22.6. The average Bonchev–Trinajstić information content (AvgIpc) is 3.09. The number of nitrogens with zero attached hydrogens (tertiary/aromatic N) is 4. The number of hydrogen-bond donors (Lipinski definition) is 1. The van der Waals surface area contributed by atoms with E-state index >= 15 is 0 Å². The zero-order valence-electron chi connectivity index (χ0n) is 18.2. The number of hydrogen-bond acceptors (Lipinski definition) is 7. The Labute approximate surface area is 187 Å². The second-order valence-electron chi connectivity index (χ2n) is 8.35. The van der Waals surface area contributed by atoms with E-state index in [2.05, 4.69) is 24.6 Å². The SMILES string of the molecule is CSc1nc(-c2cccc([N+](=O)[O-])c2)c(-c2ccnc(N)c2)n1COCC[Si](C)(C)C. The molecule has 8 nitrogen and oxygen atoms in total. The van der Waals surface area contributed by atoms with E-state index in [1.165, 1.54) is 23.9 Å². The van der Waals surface area contributed by atoms with Crippen LogP contribution in [0.1, 0.15) is 0 Å². The number of rotatable bonds is 9. The zero-order valence-corrected chi connectivity index (χ0v) is 20.0. The molecule has 0 aliphatic carbocycles. The molecule has 0 atom stereocenters. The van der Waals surface area contributed by atoms with E-state index in [0.717, 1.165) is 22.5 Å². The molecule has 0 fully saturated rings. The molecule has 0 saturated carbocycles. The van der Waals surface area contributed by atoms with Crippen molar-refractivity contribution in [2.24, 2.45) is 0 Å². The summed E-state index contributed by atoms with van der Waals surface area (Å²) < 4.78 is 8.03. The molecular weight excluding hydrogens is 430 g/mol. The lowest BCUT2D eigenvalue weighted by Gasteiger charge is -2.17. The van der Waals surface area contributed by atoms with Gasteiger partial charge in [0, 0.05) is 44.1 Å². The standard InChI is InChI=1S/C21H27N5O3SSi/c1-30-21-24-19(15-6-5-7-17(12-15)26(27)28)20(16-8-9-23-18(22)13-16)25(21)14-29-10-11-31(2,3)4/h5-9,12-13H,10-11,14H2,1-4H3,(H2,22,23). The highest BCUT2D eigenvalue weighted by Crippen LogP contribution is 2.37. The van der Waals surface area contributed by atoms with Crippen molar-refractivity contribution in [3.8, 4) is 22.5 Å². The van der Waals surface area contributed by atoms with Gasteiger partial charge in [0.05, 0.1) is 16.3 Å². The highest BCUT2D eigenvalue weighted by atomic mass is 32.2. The first-order chi connectivity index (χ1) is 14.7. The van der Waals surface area contributed by atoms with E-state index in [1.54, 1.807) is 18.3 Å². The number of anilines is 1. The Balaban J connectivity index is 2.09. The number of thioether (sulfide) groups is 1. The van der Waals surface area contributed by atoms with Gasteiger partial charge in [0.25, 0.3) is 5.69 Å². The fourth-order valence-electron chi connectivity index (χ4n) is 3.10. The van der Waals surface area contributed by atoms with Crippen molar-refractivity contribution < 1.29 is 9.66 Å². The number of ether oxygens (including phenoxy) is 1. The molecule has 0 aliphatic rings. The lowest BCUT2D eigenvalue weighted by atomic mass is 10.0. The van der Waals surface area contributed by atoms with Gasteiger partial charge in [-0.15, -0.1) is 0 Å². The third kappa shape index (κ3) is 5.72. The number of nitrogens with two attached hydrogens (primary N) is 1. The number of nitrogen functional groups attached to an aromatic ring is 1. The summed E-state index contributed by atoms with van der Waals surface area (Å²) in [7, 11) is -1.21. The number of non-ortho nitro benzene ring substituents is 1. The van der Waals surface area contributed by atoms with Crippen LogP contribution in [0.3, 0.4) is 0 Å². The molecular formula is C21H27N5O3SSi. The van der Waals surface area contributed by atoms with Crippen LogP contribution in [0.5, 0.6) is 0 Å². The molecule has 0 saturated heterocycles. The maximum absolute atomic E-state index is 11.3. The van der Waals surface area contributed by atoms with Gasteiger partial charge in [0.2, 0.25) is 0 Å². The van der Waals surface area contributed by atoms with Crippen molar-refractivity contribution in [3.63, 3.8) is 0 Å². The summed E-state index contributed by atoms with van der Waals surface area (Å²) in [5.41, 5.74) is 8.90. The van der Waals surface area contributed by atoms with E-state index in [9.17, 15) is 10.1 Å². The van der Waals surface area contributed by atoms with Crippen LogP contribution in [-0.4, -0.2) is 40.4 Å². The van der Waals surface area contributed by atoms with Crippen LogP contribution in [0.4, 0.5) is 11.5 Å². The Morgan fingerprint density at radius 2 is 2.00 bits per heavy atom. The number of nitro groups is 1. The number of pyridine rings is 1. The minimum absolute atomic E-state index is 0.0179. The lowest BCUT2D eigenvalue weighted by Crippen LogP contribution is -2.22.